The maximum absolute atomic E-state index is 12.1. The van der Waals surface area contributed by atoms with Gasteiger partial charge in [0.1, 0.15) is 0 Å². The number of likely N-dealkylation sites (tertiary alicyclic amines) is 1. The van der Waals surface area contributed by atoms with Gasteiger partial charge >= 0.3 is 0 Å². The Morgan fingerprint density at radius 2 is 1.96 bits per heavy atom. The third-order valence-electron chi connectivity index (χ3n) is 4.31. The molecule has 1 unspecified atom stereocenters. The second kappa shape index (κ2) is 8.11. The highest BCUT2D eigenvalue weighted by Crippen LogP contribution is 2.18. The molecular weight excluding hydrogens is 290 g/mol. The van der Waals surface area contributed by atoms with Gasteiger partial charge < -0.3 is 10.2 Å². The molecule has 1 fully saturated rings. The average Bonchev–Trinajstić information content (AvgIpc) is 2.99. The van der Waals surface area contributed by atoms with Crippen LogP contribution in [-0.2, 0) is 4.79 Å². The van der Waals surface area contributed by atoms with E-state index in [9.17, 15) is 9.59 Å². The van der Waals surface area contributed by atoms with E-state index in [1.807, 2.05) is 31.2 Å². The zero-order valence-electron chi connectivity index (χ0n) is 14.3. The van der Waals surface area contributed by atoms with Crippen LogP contribution in [0.5, 0.6) is 0 Å². The Bertz CT molecular complexity index is 540. The van der Waals surface area contributed by atoms with Crippen molar-refractivity contribution in [3.8, 4) is 0 Å². The molecule has 0 spiro atoms. The monoisotopic (exact) mass is 317 g/mol. The molecule has 1 aliphatic rings. The summed E-state index contributed by atoms with van der Waals surface area (Å²) < 4.78 is 0. The lowest BCUT2D eigenvalue weighted by molar-refractivity contribution is -0.133. The van der Waals surface area contributed by atoms with E-state index in [4.69, 9.17) is 0 Å². The van der Waals surface area contributed by atoms with Crippen molar-refractivity contribution in [2.75, 3.05) is 33.7 Å². The van der Waals surface area contributed by atoms with E-state index in [0.29, 0.717) is 12.1 Å². The van der Waals surface area contributed by atoms with Gasteiger partial charge in [0.25, 0.3) is 5.91 Å². The molecule has 1 saturated heterocycles. The number of nitrogens with zero attached hydrogens (tertiary/aromatic N) is 2. The number of aryl methyl sites for hydroxylation is 1. The van der Waals surface area contributed by atoms with Crippen LogP contribution in [0.3, 0.4) is 0 Å². The number of nitrogens with one attached hydrogen (secondary N) is 1. The summed E-state index contributed by atoms with van der Waals surface area (Å²) in [5, 5.41) is 2.95. The van der Waals surface area contributed by atoms with E-state index < -0.39 is 0 Å². The van der Waals surface area contributed by atoms with Crippen molar-refractivity contribution in [1.82, 2.24) is 15.1 Å². The largest absolute Gasteiger partial charge is 0.352 e. The summed E-state index contributed by atoms with van der Waals surface area (Å²) in [5.41, 5.74) is 1.84. The Morgan fingerprint density at radius 3 is 2.61 bits per heavy atom. The van der Waals surface area contributed by atoms with E-state index >= 15 is 0 Å². The number of likely N-dealkylation sites (N-methyl/N-ethyl adjacent to an activating group) is 1. The van der Waals surface area contributed by atoms with Crippen LogP contribution in [0.1, 0.15) is 35.2 Å². The fourth-order valence-electron chi connectivity index (χ4n) is 2.96. The molecule has 126 valence electrons. The van der Waals surface area contributed by atoms with E-state index in [1.165, 1.54) is 0 Å². The molecule has 1 atom stereocenters. The molecular formula is C18H27N3O2. The Kier molecular flexibility index (Phi) is 6.16. The number of hydrogen-bond acceptors (Lipinski definition) is 3. The first-order chi connectivity index (χ1) is 11.0. The zero-order valence-corrected chi connectivity index (χ0v) is 14.3. The summed E-state index contributed by atoms with van der Waals surface area (Å²) >= 11 is 0. The third-order valence-corrected chi connectivity index (χ3v) is 4.31. The molecule has 23 heavy (non-hydrogen) atoms. The molecule has 5 nitrogen and oxygen atoms in total. The van der Waals surface area contributed by atoms with Crippen molar-refractivity contribution < 1.29 is 9.59 Å². The minimum atomic E-state index is -0.0349. The molecule has 0 radical (unpaired) electrons. The van der Waals surface area contributed by atoms with Crippen LogP contribution in [0.4, 0.5) is 0 Å². The second-order valence-corrected chi connectivity index (χ2v) is 6.40. The van der Waals surface area contributed by atoms with Crippen LogP contribution in [0.25, 0.3) is 0 Å². The van der Waals surface area contributed by atoms with Crippen molar-refractivity contribution in [3.63, 3.8) is 0 Å². The molecule has 1 heterocycles. The maximum atomic E-state index is 12.1. The quantitative estimate of drug-likeness (QED) is 0.812. The summed E-state index contributed by atoms with van der Waals surface area (Å²) in [6, 6.07) is 7.58. The second-order valence-electron chi connectivity index (χ2n) is 6.40. The van der Waals surface area contributed by atoms with Gasteiger partial charge in [-0.25, -0.2) is 0 Å². The molecule has 0 bridgehead atoms. The number of carbonyl (C=O) groups excluding carboxylic acids is 2. The SMILES string of the molecule is Cc1ccc(C(=O)NCCCN2CCCC2C(=O)N(C)C)cc1. The predicted molar refractivity (Wildman–Crippen MR) is 91.4 cm³/mol. The normalized spacial score (nSPS) is 18.0. The van der Waals surface area contributed by atoms with Crippen molar-refractivity contribution in [3.05, 3.63) is 35.4 Å². The lowest BCUT2D eigenvalue weighted by Gasteiger charge is -2.26. The molecule has 0 saturated carbocycles. The molecule has 2 amide bonds. The Hall–Kier alpha value is -1.88. The van der Waals surface area contributed by atoms with E-state index in [0.717, 1.165) is 37.9 Å². The van der Waals surface area contributed by atoms with Crippen LogP contribution >= 0.6 is 0 Å². The van der Waals surface area contributed by atoms with E-state index in [2.05, 4.69) is 10.2 Å². The van der Waals surface area contributed by atoms with Gasteiger partial charge in [0.2, 0.25) is 5.91 Å². The number of hydrogen-bond donors (Lipinski definition) is 1. The first-order valence-corrected chi connectivity index (χ1v) is 8.29. The smallest absolute Gasteiger partial charge is 0.251 e. The van der Waals surface area contributed by atoms with Gasteiger partial charge in [-0.3, -0.25) is 14.5 Å². The third kappa shape index (κ3) is 4.79. The summed E-state index contributed by atoms with van der Waals surface area (Å²) in [6.45, 7) is 4.45. The summed E-state index contributed by atoms with van der Waals surface area (Å²) in [7, 11) is 3.61. The highest BCUT2D eigenvalue weighted by Gasteiger charge is 2.30. The van der Waals surface area contributed by atoms with Crippen LogP contribution in [0.15, 0.2) is 24.3 Å². The lowest BCUT2D eigenvalue weighted by Crippen LogP contribution is -2.43. The fourth-order valence-corrected chi connectivity index (χ4v) is 2.96. The van der Waals surface area contributed by atoms with Crippen LogP contribution in [-0.4, -0.2) is 61.4 Å². The molecule has 1 N–H and O–H groups in total. The molecule has 1 aromatic rings. The van der Waals surface area contributed by atoms with E-state index in [-0.39, 0.29) is 17.9 Å². The highest BCUT2D eigenvalue weighted by molar-refractivity contribution is 5.94. The van der Waals surface area contributed by atoms with Crippen molar-refractivity contribution in [2.45, 2.75) is 32.2 Å². The molecule has 2 rings (SSSR count). The minimum absolute atomic E-state index is 0.0119. The van der Waals surface area contributed by atoms with Gasteiger partial charge in [-0.1, -0.05) is 17.7 Å². The Balaban J connectivity index is 1.73. The Morgan fingerprint density at radius 1 is 1.26 bits per heavy atom. The van der Waals surface area contributed by atoms with Crippen LogP contribution in [0.2, 0.25) is 0 Å². The summed E-state index contributed by atoms with van der Waals surface area (Å²) in [4.78, 5) is 28.1. The van der Waals surface area contributed by atoms with Crippen LogP contribution in [0, 0.1) is 6.92 Å². The molecule has 0 aliphatic carbocycles. The molecule has 5 heteroatoms. The number of rotatable bonds is 6. The fraction of sp³-hybridized carbons (Fsp3) is 0.556. The average molecular weight is 317 g/mol. The molecule has 1 aromatic carbocycles. The topological polar surface area (TPSA) is 52.7 Å². The lowest BCUT2D eigenvalue weighted by atomic mass is 10.1. The van der Waals surface area contributed by atoms with Crippen molar-refractivity contribution >= 4 is 11.8 Å². The van der Waals surface area contributed by atoms with E-state index in [1.54, 1.807) is 19.0 Å². The van der Waals surface area contributed by atoms with Crippen molar-refractivity contribution in [1.29, 1.82) is 0 Å². The summed E-state index contributed by atoms with van der Waals surface area (Å²) in [6.07, 6.45) is 2.86. The van der Waals surface area contributed by atoms with Gasteiger partial charge in [-0.15, -0.1) is 0 Å². The van der Waals surface area contributed by atoms with Gasteiger partial charge in [0, 0.05) is 32.7 Å². The van der Waals surface area contributed by atoms with Gasteiger partial charge in [0.05, 0.1) is 6.04 Å². The van der Waals surface area contributed by atoms with Crippen molar-refractivity contribution in [2.24, 2.45) is 0 Å². The number of amides is 2. The first-order valence-electron chi connectivity index (χ1n) is 8.29. The predicted octanol–water partition coefficient (Wildman–Crippen LogP) is 1.67. The number of carbonyl (C=O) groups is 2. The number of benzene rings is 1. The zero-order chi connectivity index (χ0) is 16.8. The van der Waals surface area contributed by atoms with Gasteiger partial charge in [0.15, 0.2) is 0 Å². The van der Waals surface area contributed by atoms with Crippen LogP contribution < -0.4 is 5.32 Å². The minimum Gasteiger partial charge on any atom is -0.352 e. The Labute approximate surface area is 138 Å². The highest BCUT2D eigenvalue weighted by atomic mass is 16.2. The molecule has 1 aliphatic heterocycles. The molecule has 0 aromatic heterocycles. The van der Waals surface area contributed by atoms with Gasteiger partial charge in [-0.2, -0.15) is 0 Å². The van der Waals surface area contributed by atoms with Gasteiger partial charge in [-0.05, 0) is 44.9 Å². The first kappa shape index (κ1) is 17.5. The standard InChI is InChI=1S/C18H27N3O2/c1-14-7-9-15(10-8-14)17(22)19-11-5-13-21-12-4-6-16(21)18(23)20(2)3/h7-10,16H,4-6,11-13H2,1-3H3,(H,19,22). The summed E-state index contributed by atoms with van der Waals surface area (Å²) in [5.74, 6) is 0.151. The maximum Gasteiger partial charge on any atom is 0.251 e.